The molecule has 28 heavy (non-hydrogen) atoms. The van der Waals surface area contributed by atoms with E-state index in [1.54, 1.807) is 0 Å². The van der Waals surface area contributed by atoms with Gasteiger partial charge < -0.3 is 0 Å². The highest BCUT2D eigenvalue weighted by Crippen LogP contribution is 2.39. The molecule has 3 aromatic carbocycles. The average Bonchev–Trinajstić information content (AvgIpc) is 2.68. The molecule has 4 nitrogen and oxygen atoms in total. The van der Waals surface area contributed by atoms with Crippen molar-refractivity contribution in [1.29, 1.82) is 0 Å². The number of halogens is 1. The normalized spacial score (nSPS) is 11.6. The smallest absolute Gasteiger partial charge is 0.213 e. The van der Waals surface area contributed by atoms with Crippen LogP contribution >= 0.6 is 15.9 Å². The first kappa shape index (κ1) is 18.8. The second-order valence-corrected chi connectivity index (χ2v) is 9.04. The van der Waals surface area contributed by atoms with Gasteiger partial charge in [0.15, 0.2) is 0 Å². The summed E-state index contributed by atoms with van der Waals surface area (Å²) in [5.41, 5.74) is 4.71. The summed E-state index contributed by atoms with van der Waals surface area (Å²) in [5, 5.41) is 6.24. The highest BCUT2D eigenvalue weighted by molar-refractivity contribution is 9.10. The Balaban J connectivity index is 2.17. The maximum atomic E-state index is 12.1. The summed E-state index contributed by atoms with van der Waals surface area (Å²) >= 11 is 3.48. The molecule has 6 heteroatoms. The van der Waals surface area contributed by atoms with Crippen molar-refractivity contribution in [2.45, 2.75) is 5.75 Å². The molecule has 0 aliphatic carbocycles. The lowest BCUT2D eigenvalue weighted by atomic mass is 9.92. The van der Waals surface area contributed by atoms with Crippen molar-refractivity contribution in [3.63, 3.8) is 0 Å². The second kappa shape index (κ2) is 7.47. The molecule has 2 N–H and O–H groups in total. The van der Waals surface area contributed by atoms with E-state index in [1.807, 2.05) is 78.9 Å². The number of nitrogens with two attached hydrogens (primary N) is 1. The molecule has 0 bridgehead atoms. The minimum atomic E-state index is -3.75. The van der Waals surface area contributed by atoms with Crippen LogP contribution < -0.4 is 5.14 Å². The Kier molecular flexibility index (Phi) is 5.02. The number of aromatic nitrogens is 1. The molecule has 4 rings (SSSR count). The Morgan fingerprint density at radius 2 is 1.46 bits per heavy atom. The van der Waals surface area contributed by atoms with E-state index in [2.05, 4.69) is 15.9 Å². The van der Waals surface area contributed by atoms with Gasteiger partial charge in [0.05, 0.1) is 17.0 Å². The van der Waals surface area contributed by atoms with Crippen molar-refractivity contribution in [3.8, 4) is 22.4 Å². The van der Waals surface area contributed by atoms with Gasteiger partial charge in [0.2, 0.25) is 10.0 Å². The fourth-order valence-electron chi connectivity index (χ4n) is 3.37. The molecule has 0 saturated heterocycles. The monoisotopic (exact) mass is 452 g/mol. The van der Waals surface area contributed by atoms with Crippen LogP contribution in [0.4, 0.5) is 0 Å². The van der Waals surface area contributed by atoms with Gasteiger partial charge in [0, 0.05) is 21.0 Å². The Hall–Kier alpha value is -2.54. The summed E-state index contributed by atoms with van der Waals surface area (Å²) in [6.45, 7) is 0. The molecule has 0 fully saturated rings. The van der Waals surface area contributed by atoms with Crippen LogP contribution in [-0.2, 0) is 15.8 Å². The Morgan fingerprint density at radius 3 is 2.07 bits per heavy atom. The van der Waals surface area contributed by atoms with Crippen molar-refractivity contribution in [2.24, 2.45) is 5.14 Å². The zero-order valence-electron chi connectivity index (χ0n) is 14.8. The van der Waals surface area contributed by atoms with Gasteiger partial charge in [0.1, 0.15) is 0 Å². The van der Waals surface area contributed by atoms with Crippen LogP contribution in [0.1, 0.15) is 5.56 Å². The van der Waals surface area contributed by atoms with Crippen molar-refractivity contribution in [3.05, 3.63) is 88.9 Å². The van der Waals surface area contributed by atoms with E-state index in [1.165, 1.54) is 0 Å². The number of hydrogen-bond donors (Lipinski definition) is 1. The van der Waals surface area contributed by atoms with Crippen LogP contribution in [0.15, 0.2) is 83.3 Å². The van der Waals surface area contributed by atoms with Gasteiger partial charge in [-0.25, -0.2) is 18.5 Å². The number of primary sulfonamides is 1. The van der Waals surface area contributed by atoms with E-state index in [-0.39, 0.29) is 5.75 Å². The predicted octanol–water partition coefficient (Wildman–Crippen LogP) is 5.12. The SMILES string of the molecule is NS(=O)(=O)Cc1c(-c2ccccc2)c(-c2ccccc2)nc2ccc(Br)cc12. The van der Waals surface area contributed by atoms with E-state index in [9.17, 15) is 8.42 Å². The molecular formula is C22H17BrN2O2S. The number of sulfonamides is 1. The van der Waals surface area contributed by atoms with Gasteiger partial charge in [-0.1, -0.05) is 76.6 Å². The van der Waals surface area contributed by atoms with E-state index >= 15 is 0 Å². The lowest BCUT2D eigenvalue weighted by molar-refractivity contribution is 0.597. The zero-order chi connectivity index (χ0) is 19.7. The van der Waals surface area contributed by atoms with Gasteiger partial charge in [0.25, 0.3) is 0 Å². The van der Waals surface area contributed by atoms with Crippen LogP contribution in [0, 0.1) is 0 Å². The minimum absolute atomic E-state index is 0.271. The zero-order valence-corrected chi connectivity index (χ0v) is 17.2. The van der Waals surface area contributed by atoms with Crippen LogP contribution in [-0.4, -0.2) is 13.4 Å². The fourth-order valence-corrected chi connectivity index (χ4v) is 4.44. The Bertz CT molecular complexity index is 1260. The molecule has 1 heterocycles. The quantitative estimate of drug-likeness (QED) is 0.466. The van der Waals surface area contributed by atoms with Crippen LogP contribution in [0.2, 0.25) is 0 Å². The molecule has 1 aromatic heterocycles. The maximum Gasteiger partial charge on any atom is 0.213 e. The molecule has 0 amide bonds. The second-order valence-electron chi connectivity index (χ2n) is 6.51. The molecule has 140 valence electrons. The van der Waals surface area contributed by atoms with Gasteiger partial charge in [-0.15, -0.1) is 0 Å². The number of fused-ring (bicyclic) bond motifs is 1. The number of hydrogen-bond acceptors (Lipinski definition) is 3. The van der Waals surface area contributed by atoms with Crippen LogP contribution in [0.3, 0.4) is 0 Å². The van der Waals surface area contributed by atoms with Crippen LogP contribution in [0.25, 0.3) is 33.3 Å². The first-order valence-corrected chi connectivity index (χ1v) is 11.2. The third-order valence-corrected chi connectivity index (χ3v) is 5.69. The summed E-state index contributed by atoms with van der Waals surface area (Å²) in [6.07, 6.45) is 0. The molecule has 0 saturated carbocycles. The predicted molar refractivity (Wildman–Crippen MR) is 117 cm³/mol. The summed E-state index contributed by atoms with van der Waals surface area (Å²) < 4.78 is 25.1. The van der Waals surface area contributed by atoms with E-state index < -0.39 is 10.0 Å². The molecule has 0 spiro atoms. The Morgan fingerprint density at radius 1 is 0.857 bits per heavy atom. The molecule has 4 aromatic rings. The highest BCUT2D eigenvalue weighted by Gasteiger charge is 2.21. The maximum absolute atomic E-state index is 12.1. The number of rotatable bonds is 4. The molecular weight excluding hydrogens is 436 g/mol. The summed E-state index contributed by atoms with van der Waals surface area (Å²) in [5.74, 6) is -0.271. The average molecular weight is 453 g/mol. The topological polar surface area (TPSA) is 73.1 Å². The van der Waals surface area contributed by atoms with Crippen molar-refractivity contribution >= 4 is 36.9 Å². The van der Waals surface area contributed by atoms with Crippen molar-refractivity contribution < 1.29 is 8.42 Å². The van der Waals surface area contributed by atoms with Crippen molar-refractivity contribution in [1.82, 2.24) is 4.98 Å². The first-order chi connectivity index (χ1) is 13.4. The number of pyridine rings is 1. The molecule has 0 radical (unpaired) electrons. The van der Waals surface area contributed by atoms with Gasteiger partial charge >= 0.3 is 0 Å². The van der Waals surface area contributed by atoms with E-state index in [0.29, 0.717) is 5.56 Å². The minimum Gasteiger partial charge on any atom is -0.247 e. The van der Waals surface area contributed by atoms with Crippen molar-refractivity contribution in [2.75, 3.05) is 0 Å². The van der Waals surface area contributed by atoms with E-state index in [4.69, 9.17) is 10.1 Å². The van der Waals surface area contributed by atoms with Crippen LogP contribution in [0.5, 0.6) is 0 Å². The van der Waals surface area contributed by atoms with Gasteiger partial charge in [-0.2, -0.15) is 0 Å². The fraction of sp³-hybridized carbons (Fsp3) is 0.0455. The third-order valence-electron chi connectivity index (χ3n) is 4.51. The largest absolute Gasteiger partial charge is 0.247 e. The summed E-state index contributed by atoms with van der Waals surface area (Å²) in [6, 6.07) is 25.1. The lowest BCUT2D eigenvalue weighted by Gasteiger charge is -2.18. The van der Waals surface area contributed by atoms with Gasteiger partial charge in [-0.3, -0.25) is 0 Å². The molecule has 0 atom stereocenters. The lowest BCUT2D eigenvalue weighted by Crippen LogP contribution is -2.16. The molecule has 0 unspecified atom stereocenters. The number of nitrogens with zero attached hydrogens (tertiary/aromatic N) is 1. The Labute approximate surface area is 172 Å². The first-order valence-electron chi connectivity index (χ1n) is 8.66. The molecule has 0 aliphatic heterocycles. The summed E-state index contributed by atoms with van der Waals surface area (Å²) in [4.78, 5) is 4.90. The third kappa shape index (κ3) is 3.85. The standard InChI is InChI=1S/C22H17BrN2O2S/c23-17-11-12-20-18(13-17)19(14-28(24,26)27)21(15-7-3-1-4-8-15)22(25-20)16-9-5-2-6-10-16/h1-13H,14H2,(H2,24,26,27). The molecule has 0 aliphatic rings. The van der Waals surface area contributed by atoms with E-state index in [0.717, 1.165) is 37.8 Å². The number of benzene rings is 3. The summed E-state index contributed by atoms with van der Waals surface area (Å²) in [7, 11) is -3.75. The highest BCUT2D eigenvalue weighted by atomic mass is 79.9. The van der Waals surface area contributed by atoms with Gasteiger partial charge in [-0.05, 0) is 29.3 Å².